The van der Waals surface area contributed by atoms with Gasteiger partial charge in [-0.05, 0) is 86.8 Å². The molecule has 4 heterocycles. The Kier molecular flexibility index (Phi) is 7.85. The maximum Gasteiger partial charge on any atom is 0.236 e. The summed E-state index contributed by atoms with van der Waals surface area (Å²) in [5.41, 5.74) is 5.11. The van der Waals surface area contributed by atoms with E-state index in [2.05, 4.69) is 51.5 Å². The van der Waals surface area contributed by atoms with Gasteiger partial charge in [-0.2, -0.15) is 4.98 Å². The molecule has 1 amide bonds. The Hall–Kier alpha value is -3.62. The number of carbonyl (C=O) groups is 1. The van der Waals surface area contributed by atoms with Crippen molar-refractivity contribution >= 4 is 35.0 Å². The molecule has 2 aromatic heterocycles. The number of anilines is 3. The molecule has 1 aromatic carbocycles. The lowest BCUT2D eigenvalue weighted by Gasteiger charge is -2.37. The van der Waals surface area contributed by atoms with Crippen LogP contribution in [-0.4, -0.2) is 59.1 Å². The Morgan fingerprint density at radius 2 is 1.76 bits per heavy atom. The summed E-state index contributed by atoms with van der Waals surface area (Å²) in [6.07, 6.45) is 7.68. The summed E-state index contributed by atoms with van der Waals surface area (Å²) in [4.78, 5) is 31.2. The van der Waals surface area contributed by atoms with Crippen molar-refractivity contribution in [2.24, 2.45) is 5.92 Å². The van der Waals surface area contributed by atoms with Gasteiger partial charge in [0.05, 0.1) is 5.92 Å². The van der Waals surface area contributed by atoms with Crippen LogP contribution in [0.2, 0.25) is 0 Å². The predicted molar refractivity (Wildman–Crippen MR) is 165 cm³/mol. The third-order valence-corrected chi connectivity index (χ3v) is 9.43. The molecule has 42 heavy (non-hydrogen) atoms. The van der Waals surface area contributed by atoms with Crippen molar-refractivity contribution in [3.05, 3.63) is 93.9 Å². The Morgan fingerprint density at radius 3 is 2.48 bits per heavy atom. The second-order valence-corrected chi connectivity index (χ2v) is 12.2. The number of benzene rings is 1. The highest BCUT2D eigenvalue weighted by molar-refractivity contribution is 6.32. The zero-order valence-electron chi connectivity index (χ0n) is 24.4. The number of nitrogens with one attached hydrogen (secondary N) is 1. The summed E-state index contributed by atoms with van der Waals surface area (Å²) in [5.74, 6) is -0.114. The second-order valence-electron chi connectivity index (χ2n) is 11.7. The molecule has 4 atom stereocenters. The molecule has 1 saturated heterocycles. The SMILES string of the molecule is Cc1ncccc1C1C=C(Cl)C(C2C(=O)N(C)c3nc(Nc4ccc(C5CCN(C)CC5)cc4)ncc3C2C)=CC1F. The number of hydrogen-bond donors (Lipinski definition) is 1. The molecule has 1 fully saturated rings. The molecule has 4 unspecified atom stereocenters. The minimum absolute atomic E-state index is 0.178. The number of likely N-dealkylation sites (tertiary alicyclic amines) is 1. The Balaban J connectivity index is 1.21. The molecule has 3 aromatic rings. The summed E-state index contributed by atoms with van der Waals surface area (Å²) >= 11 is 6.76. The fourth-order valence-electron chi connectivity index (χ4n) is 6.51. The average Bonchev–Trinajstić information content (AvgIpc) is 2.99. The van der Waals surface area contributed by atoms with E-state index in [0.29, 0.717) is 28.3 Å². The van der Waals surface area contributed by atoms with Crippen LogP contribution in [0.4, 0.5) is 21.8 Å². The molecule has 1 aliphatic carbocycles. The lowest BCUT2D eigenvalue weighted by Crippen LogP contribution is -2.42. The first-order valence-electron chi connectivity index (χ1n) is 14.6. The third kappa shape index (κ3) is 5.34. The zero-order valence-corrected chi connectivity index (χ0v) is 25.1. The molecule has 9 heteroatoms. The molecule has 0 saturated carbocycles. The number of hydrogen-bond acceptors (Lipinski definition) is 6. The van der Waals surface area contributed by atoms with E-state index in [1.807, 2.05) is 19.9 Å². The van der Waals surface area contributed by atoms with E-state index < -0.39 is 18.0 Å². The molecule has 1 N–H and O–H groups in total. The third-order valence-electron chi connectivity index (χ3n) is 9.08. The number of carbonyl (C=O) groups excluding carboxylic acids is 1. The smallest absolute Gasteiger partial charge is 0.236 e. The number of amides is 1. The standard InChI is InChI=1S/C33H36ClFN6O/c1-19-27-18-37-33(38-23-9-7-21(8-10-23)22-11-14-40(3)15-12-22)39-31(27)41(4)32(42)30(19)26-17-29(35)25(16-28(26)34)24-6-5-13-36-20(24)2/h5-10,13,16-19,22,25,29-30H,11-12,14-15H2,1-4H3,(H,37,38,39). The monoisotopic (exact) mass is 586 g/mol. The van der Waals surface area contributed by atoms with Crippen LogP contribution in [-0.2, 0) is 4.79 Å². The number of alkyl halides is 1. The van der Waals surface area contributed by atoms with Crippen LogP contribution in [0.1, 0.15) is 59.9 Å². The number of piperidine rings is 1. The maximum absolute atomic E-state index is 15.6. The molecule has 0 spiro atoms. The van der Waals surface area contributed by atoms with Crippen molar-refractivity contribution in [3.8, 4) is 0 Å². The van der Waals surface area contributed by atoms with Gasteiger partial charge in [0.15, 0.2) is 0 Å². The molecule has 6 rings (SSSR count). The van der Waals surface area contributed by atoms with Gasteiger partial charge in [-0.15, -0.1) is 0 Å². The Bertz CT molecular complexity index is 1550. The summed E-state index contributed by atoms with van der Waals surface area (Å²) in [7, 11) is 3.87. The van der Waals surface area contributed by atoms with E-state index >= 15 is 4.39 Å². The fraction of sp³-hybridized carbons (Fsp3) is 0.394. The van der Waals surface area contributed by atoms with Gasteiger partial charge in [0.25, 0.3) is 0 Å². The highest BCUT2D eigenvalue weighted by Gasteiger charge is 2.42. The molecule has 0 radical (unpaired) electrons. The van der Waals surface area contributed by atoms with Crippen molar-refractivity contribution in [2.45, 2.75) is 50.6 Å². The first-order valence-corrected chi connectivity index (χ1v) is 14.9. The summed E-state index contributed by atoms with van der Waals surface area (Å²) in [5, 5.41) is 3.68. The van der Waals surface area contributed by atoms with E-state index in [4.69, 9.17) is 16.6 Å². The van der Waals surface area contributed by atoms with Crippen LogP contribution in [0, 0.1) is 12.8 Å². The van der Waals surface area contributed by atoms with Crippen molar-refractivity contribution in [1.29, 1.82) is 0 Å². The molecule has 0 bridgehead atoms. The van der Waals surface area contributed by atoms with Crippen LogP contribution in [0.3, 0.4) is 0 Å². The number of fused-ring (bicyclic) bond motifs is 1. The summed E-state index contributed by atoms with van der Waals surface area (Å²) < 4.78 is 15.6. The number of aromatic nitrogens is 3. The van der Waals surface area contributed by atoms with Gasteiger partial charge in [0.1, 0.15) is 12.0 Å². The first-order chi connectivity index (χ1) is 20.2. The number of nitrogens with zero attached hydrogens (tertiary/aromatic N) is 5. The lowest BCUT2D eigenvalue weighted by atomic mass is 9.75. The zero-order chi connectivity index (χ0) is 29.5. The van der Waals surface area contributed by atoms with Crippen LogP contribution >= 0.6 is 11.6 Å². The van der Waals surface area contributed by atoms with Gasteiger partial charge in [0.2, 0.25) is 11.9 Å². The van der Waals surface area contributed by atoms with Crippen molar-refractivity contribution in [3.63, 3.8) is 0 Å². The van der Waals surface area contributed by atoms with E-state index in [0.717, 1.165) is 35.6 Å². The minimum atomic E-state index is -1.33. The molecular weight excluding hydrogens is 551 g/mol. The quantitative estimate of drug-likeness (QED) is 0.362. The van der Waals surface area contributed by atoms with Gasteiger partial charge in [0, 0.05) is 53.3 Å². The predicted octanol–water partition coefficient (Wildman–Crippen LogP) is 6.61. The van der Waals surface area contributed by atoms with Crippen LogP contribution in [0.15, 0.2) is 71.5 Å². The number of rotatable bonds is 5. The van der Waals surface area contributed by atoms with Crippen molar-refractivity contribution in [1.82, 2.24) is 19.9 Å². The normalized spacial score (nSPS) is 25.1. The van der Waals surface area contributed by atoms with Crippen LogP contribution in [0.5, 0.6) is 0 Å². The highest BCUT2D eigenvalue weighted by atomic mass is 35.5. The van der Waals surface area contributed by atoms with Gasteiger partial charge < -0.3 is 10.2 Å². The lowest BCUT2D eigenvalue weighted by molar-refractivity contribution is -0.122. The average molecular weight is 587 g/mol. The topological polar surface area (TPSA) is 74.2 Å². The van der Waals surface area contributed by atoms with E-state index in [9.17, 15) is 4.79 Å². The minimum Gasteiger partial charge on any atom is -0.324 e. The van der Waals surface area contributed by atoms with E-state index in [1.165, 1.54) is 29.4 Å². The summed E-state index contributed by atoms with van der Waals surface area (Å²) in [6.45, 7) is 6.05. The van der Waals surface area contributed by atoms with E-state index in [1.54, 1.807) is 31.6 Å². The van der Waals surface area contributed by atoms with Gasteiger partial charge in [-0.25, -0.2) is 9.37 Å². The molecule has 3 aliphatic rings. The van der Waals surface area contributed by atoms with Crippen LogP contribution < -0.4 is 10.2 Å². The fourth-order valence-corrected chi connectivity index (χ4v) is 6.83. The molecule has 7 nitrogen and oxygen atoms in total. The van der Waals surface area contributed by atoms with Gasteiger partial charge in [-0.3, -0.25) is 14.7 Å². The second kappa shape index (κ2) is 11.6. The number of aryl methyl sites for hydroxylation is 1. The largest absolute Gasteiger partial charge is 0.324 e. The van der Waals surface area contributed by atoms with Crippen molar-refractivity contribution < 1.29 is 9.18 Å². The van der Waals surface area contributed by atoms with Gasteiger partial charge >= 0.3 is 0 Å². The number of pyridine rings is 1. The maximum atomic E-state index is 15.6. The van der Waals surface area contributed by atoms with Crippen LogP contribution in [0.25, 0.3) is 0 Å². The van der Waals surface area contributed by atoms with Gasteiger partial charge in [-0.1, -0.05) is 42.8 Å². The molecule has 2 aliphatic heterocycles. The highest BCUT2D eigenvalue weighted by Crippen LogP contribution is 2.46. The first kappa shape index (κ1) is 28.5. The number of allylic oxidation sites excluding steroid dienone is 3. The Morgan fingerprint density at radius 1 is 1.02 bits per heavy atom. The van der Waals surface area contributed by atoms with Crippen molar-refractivity contribution in [2.75, 3.05) is 37.4 Å². The molecular formula is C33H36ClFN6O. The Labute approximate surface area is 251 Å². The summed E-state index contributed by atoms with van der Waals surface area (Å²) in [6, 6.07) is 12.1. The molecule has 218 valence electrons. The van der Waals surface area contributed by atoms with E-state index in [-0.39, 0.29) is 11.8 Å². The number of halogens is 2.